The maximum Gasteiger partial charge on any atom is 0.251 e. The molecule has 1 N–H and O–H groups in total. The van der Waals surface area contributed by atoms with Crippen LogP contribution in [0.25, 0.3) is 0 Å². The molecule has 1 unspecified atom stereocenters. The van der Waals surface area contributed by atoms with E-state index in [-0.39, 0.29) is 23.3 Å². The highest BCUT2D eigenvalue weighted by Gasteiger charge is 2.53. The lowest BCUT2D eigenvalue weighted by Gasteiger charge is -2.35. The Morgan fingerprint density at radius 3 is 2.45 bits per heavy atom. The van der Waals surface area contributed by atoms with Crippen LogP contribution in [0.5, 0.6) is 5.75 Å². The Morgan fingerprint density at radius 2 is 1.81 bits per heavy atom. The summed E-state index contributed by atoms with van der Waals surface area (Å²) >= 11 is 0. The van der Waals surface area contributed by atoms with Gasteiger partial charge in [0, 0.05) is 30.6 Å². The lowest BCUT2D eigenvalue weighted by atomic mass is 9.91. The highest BCUT2D eigenvalue weighted by Crippen LogP contribution is 2.49. The van der Waals surface area contributed by atoms with Gasteiger partial charge in [0.1, 0.15) is 5.75 Å². The zero-order valence-electron chi connectivity index (χ0n) is 18.5. The topological polar surface area (TPSA) is 58.6 Å². The first kappa shape index (κ1) is 21.4. The standard InChI is InChI=1S/C26H32N2O3/c1-19(2)27-24(29)21-10-12-23(13-11-21)31-18-20-7-6-16-28(17-20)25(30)26(14-15-26)22-8-4-3-5-9-22/h3-5,8-13,19-20H,6-7,14-18H2,1-2H3,(H,27,29). The van der Waals surface area contributed by atoms with E-state index in [0.29, 0.717) is 18.1 Å². The number of ether oxygens (including phenoxy) is 1. The summed E-state index contributed by atoms with van der Waals surface area (Å²) in [7, 11) is 0. The lowest BCUT2D eigenvalue weighted by molar-refractivity contribution is -0.136. The van der Waals surface area contributed by atoms with Crippen molar-refractivity contribution in [1.29, 1.82) is 0 Å². The highest BCUT2D eigenvalue weighted by molar-refractivity contribution is 5.94. The van der Waals surface area contributed by atoms with Gasteiger partial charge in [-0.25, -0.2) is 0 Å². The maximum atomic E-state index is 13.3. The first-order chi connectivity index (χ1) is 15.0. The number of carbonyl (C=O) groups excluding carboxylic acids is 2. The molecule has 31 heavy (non-hydrogen) atoms. The van der Waals surface area contributed by atoms with E-state index >= 15 is 0 Å². The maximum absolute atomic E-state index is 13.3. The molecule has 1 saturated carbocycles. The molecule has 0 spiro atoms. The first-order valence-corrected chi connectivity index (χ1v) is 11.4. The number of nitrogens with one attached hydrogen (secondary N) is 1. The molecule has 2 aromatic carbocycles. The molecule has 1 aliphatic heterocycles. The van der Waals surface area contributed by atoms with Crippen molar-refractivity contribution in [3.8, 4) is 5.75 Å². The van der Waals surface area contributed by atoms with Crippen molar-refractivity contribution in [2.75, 3.05) is 19.7 Å². The van der Waals surface area contributed by atoms with Crippen LogP contribution in [0.3, 0.4) is 0 Å². The Labute approximate surface area is 184 Å². The molecular formula is C26H32N2O3. The lowest BCUT2D eigenvalue weighted by Crippen LogP contribution is -2.46. The number of benzene rings is 2. The zero-order chi connectivity index (χ0) is 21.8. The molecule has 0 radical (unpaired) electrons. The van der Waals surface area contributed by atoms with Crippen molar-refractivity contribution >= 4 is 11.8 Å². The average molecular weight is 421 g/mol. The van der Waals surface area contributed by atoms with Gasteiger partial charge < -0.3 is 15.0 Å². The van der Waals surface area contributed by atoms with E-state index in [1.165, 1.54) is 0 Å². The molecule has 1 atom stereocenters. The van der Waals surface area contributed by atoms with Crippen LogP contribution in [-0.2, 0) is 10.2 Å². The molecular weight excluding hydrogens is 388 g/mol. The Bertz CT molecular complexity index is 904. The van der Waals surface area contributed by atoms with Gasteiger partial charge in [0.05, 0.1) is 12.0 Å². The quantitative estimate of drug-likeness (QED) is 0.731. The third-order valence-corrected chi connectivity index (χ3v) is 6.31. The molecule has 164 valence electrons. The predicted octanol–water partition coefficient (Wildman–Crippen LogP) is 4.17. The van der Waals surface area contributed by atoms with Crippen LogP contribution in [0.4, 0.5) is 0 Å². The van der Waals surface area contributed by atoms with Crippen molar-refractivity contribution in [2.45, 2.75) is 51.0 Å². The molecule has 2 aliphatic rings. The third kappa shape index (κ3) is 4.92. The van der Waals surface area contributed by atoms with Gasteiger partial charge in [-0.05, 0) is 69.4 Å². The normalized spacial score (nSPS) is 19.7. The zero-order valence-corrected chi connectivity index (χ0v) is 18.5. The van der Waals surface area contributed by atoms with Crippen LogP contribution in [0.1, 0.15) is 55.5 Å². The minimum Gasteiger partial charge on any atom is -0.493 e. The molecule has 2 aromatic rings. The summed E-state index contributed by atoms with van der Waals surface area (Å²) < 4.78 is 6.01. The fourth-order valence-electron chi connectivity index (χ4n) is 4.46. The van der Waals surface area contributed by atoms with Crippen LogP contribution < -0.4 is 10.1 Å². The van der Waals surface area contributed by atoms with Gasteiger partial charge in [-0.15, -0.1) is 0 Å². The van der Waals surface area contributed by atoms with E-state index in [2.05, 4.69) is 22.3 Å². The number of hydrogen-bond donors (Lipinski definition) is 1. The Morgan fingerprint density at radius 1 is 1.10 bits per heavy atom. The smallest absolute Gasteiger partial charge is 0.251 e. The number of hydrogen-bond acceptors (Lipinski definition) is 3. The second-order valence-electron chi connectivity index (χ2n) is 9.17. The molecule has 1 aliphatic carbocycles. The Kier molecular flexibility index (Phi) is 6.30. The van der Waals surface area contributed by atoms with E-state index < -0.39 is 0 Å². The summed E-state index contributed by atoms with van der Waals surface area (Å²) in [5.41, 5.74) is 1.49. The minimum absolute atomic E-state index is 0.0737. The Hall–Kier alpha value is -2.82. The molecule has 1 heterocycles. The molecule has 1 saturated heterocycles. The number of carbonyl (C=O) groups is 2. The number of likely N-dealkylation sites (tertiary alicyclic amines) is 1. The van der Waals surface area contributed by atoms with Gasteiger partial charge in [0.25, 0.3) is 5.91 Å². The fraction of sp³-hybridized carbons (Fsp3) is 0.462. The third-order valence-electron chi connectivity index (χ3n) is 6.31. The number of rotatable bonds is 7. The first-order valence-electron chi connectivity index (χ1n) is 11.4. The largest absolute Gasteiger partial charge is 0.493 e. The van der Waals surface area contributed by atoms with E-state index in [4.69, 9.17) is 4.74 Å². The highest BCUT2D eigenvalue weighted by atomic mass is 16.5. The van der Waals surface area contributed by atoms with Gasteiger partial charge >= 0.3 is 0 Å². The summed E-state index contributed by atoms with van der Waals surface area (Å²) in [5, 5.41) is 2.89. The molecule has 5 heteroatoms. The summed E-state index contributed by atoms with van der Waals surface area (Å²) in [6, 6.07) is 17.6. The molecule has 2 fully saturated rings. The van der Waals surface area contributed by atoms with E-state index in [1.807, 2.05) is 44.2 Å². The number of piperidine rings is 1. The van der Waals surface area contributed by atoms with Gasteiger partial charge in [0.15, 0.2) is 0 Å². The number of amides is 2. The summed E-state index contributed by atoms with van der Waals surface area (Å²) in [6.07, 6.45) is 3.98. The van der Waals surface area contributed by atoms with Crippen molar-refractivity contribution < 1.29 is 14.3 Å². The second kappa shape index (κ2) is 9.13. The van der Waals surface area contributed by atoms with Crippen LogP contribution in [0, 0.1) is 5.92 Å². The minimum atomic E-state index is -0.295. The van der Waals surface area contributed by atoms with E-state index in [0.717, 1.165) is 50.1 Å². The SMILES string of the molecule is CC(C)NC(=O)c1ccc(OCC2CCCN(C(=O)C3(c4ccccc4)CC3)C2)cc1. The average Bonchev–Trinajstić information content (AvgIpc) is 3.60. The summed E-state index contributed by atoms with van der Waals surface area (Å²) in [5.74, 6) is 1.29. The van der Waals surface area contributed by atoms with E-state index in [1.54, 1.807) is 12.1 Å². The Balaban J connectivity index is 1.31. The summed E-state index contributed by atoms with van der Waals surface area (Å²) in [4.78, 5) is 27.5. The van der Waals surface area contributed by atoms with Crippen molar-refractivity contribution in [2.24, 2.45) is 5.92 Å². The van der Waals surface area contributed by atoms with Crippen LogP contribution >= 0.6 is 0 Å². The van der Waals surface area contributed by atoms with Crippen LogP contribution in [0.15, 0.2) is 54.6 Å². The number of nitrogens with zero attached hydrogens (tertiary/aromatic N) is 1. The molecule has 2 amide bonds. The molecule has 4 rings (SSSR count). The molecule has 5 nitrogen and oxygen atoms in total. The fourth-order valence-corrected chi connectivity index (χ4v) is 4.46. The van der Waals surface area contributed by atoms with Crippen LogP contribution in [0.2, 0.25) is 0 Å². The van der Waals surface area contributed by atoms with Crippen molar-refractivity contribution in [1.82, 2.24) is 10.2 Å². The molecule has 0 aromatic heterocycles. The van der Waals surface area contributed by atoms with Gasteiger partial charge in [0.2, 0.25) is 5.91 Å². The van der Waals surface area contributed by atoms with E-state index in [9.17, 15) is 9.59 Å². The summed E-state index contributed by atoms with van der Waals surface area (Å²) in [6.45, 7) is 6.06. The van der Waals surface area contributed by atoms with Crippen molar-refractivity contribution in [3.63, 3.8) is 0 Å². The second-order valence-corrected chi connectivity index (χ2v) is 9.17. The monoisotopic (exact) mass is 420 g/mol. The van der Waals surface area contributed by atoms with Gasteiger partial charge in [-0.1, -0.05) is 30.3 Å². The predicted molar refractivity (Wildman–Crippen MR) is 121 cm³/mol. The molecule has 0 bridgehead atoms. The van der Waals surface area contributed by atoms with Gasteiger partial charge in [-0.3, -0.25) is 9.59 Å². The van der Waals surface area contributed by atoms with Crippen LogP contribution in [-0.4, -0.2) is 42.5 Å². The van der Waals surface area contributed by atoms with Gasteiger partial charge in [-0.2, -0.15) is 0 Å². The van der Waals surface area contributed by atoms with Crippen molar-refractivity contribution in [3.05, 3.63) is 65.7 Å².